The molecule has 0 bridgehead atoms. The molecule has 2 aliphatic heterocycles. The summed E-state index contributed by atoms with van der Waals surface area (Å²) in [6, 6.07) is 4.05. The fourth-order valence-corrected chi connectivity index (χ4v) is 2.12. The van der Waals surface area contributed by atoms with Gasteiger partial charge >= 0.3 is 7.55 Å². The monoisotopic (exact) mass is 184 g/mol. The summed E-state index contributed by atoms with van der Waals surface area (Å²) in [5, 5.41) is 6.11. The zero-order valence-corrected chi connectivity index (χ0v) is 8.01. The molecule has 14 heavy (non-hydrogen) atoms. The zero-order valence-electron chi connectivity index (χ0n) is 8.01. The van der Waals surface area contributed by atoms with Gasteiger partial charge in [-0.25, -0.2) is 5.41 Å². The first-order chi connectivity index (χ1) is 6.71. The molecule has 0 fully saturated rings. The topological polar surface area (TPSA) is 30.5 Å². The average molecular weight is 184 g/mol. The molecule has 0 saturated heterocycles. The summed E-state index contributed by atoms with van der Waals surface area (Å²) in [6.45, 7) is 0. The number of rotatable bonds is 0. The summed E-state index contributed by atoms with van der Waals surface area (Å²) in [5.41, 5.74) is 3.09. The van der Waals surface area contributed by atoms with Crippen LogP contribution in [0, 0.1) is 0 Å². The number of likely N-dealkylation sites (N-methyl/N-ethyl adjacent to an activating group) is 1. The van der Waals surface area contributed by atoms with Crippen molar-refractivity contribution in [3.05, 3.63) is 48.1 Å². The molecule has 1 aromatic heterocycles. The minimum absolute atomic E-state index is 0.660. The van der Waals surface area contributed by atoms with E-state index in [9.17, 15) is 0 Å². The van der Waals surface area contributed by atoms with Gasteiger partial charge in [0.15, 0.2) is 5.70 Å². The lowest BCUT2D eigenvalue weighted by atomic mass is 9.94. The third-order valence-corrected chi connectivity index (χ3v) is 2.86. The fraction of sp³-hybridized carbons (Fsp3) is 0.100. The predicted octanol–water partition coefficient (Wildman–Crippen LogP) is -0.710. The minimum Gasteiger partial charge on any atom is -0.329 e. The number of nitrogens with two attached hydrogens (primary N) is 1. The summed E-state index contributed by atoms with van der Waals surface area (Å²) in [5.74, 6) is 0. The highest BCUT2D eigenvalue weighted by atomic mass is 15.3. The molecule has 0 amide bonds. The van der Waals surface area contributed by atoms with Gasteiger partial charge in [0, 0.05) is 6.08 Å². The minimum atomic E-state index is 0.660. The average Bonchev–Trinajstić information content (AvgIpc) is 2.70. The molecule has 2 aliphatic rings. The number of aromatic nitrogens is 1. The molecule has 4 heteroatoms. The second kappa shape index (κ2) is 2.28. The van der Waals surface area contributed by atoms with Gasteiger partial charge in [0.2, 0.25) is 0 Å². The molecular weight excluding hydrogens is 173 g/mol. The SMILES string of the molecule is C[N+]12[B]n3cccc3C(=[NH2+])C1=CC=C2. The van der Waals surface area contributed by atoms with Crippen molar-refractivity contribution in [3.63, 3.8) is 0 Å². The van der Waals surface area contributed by atoms with E-state index in [0.717, 1.165) is 17.1 Å². The highest BCUT2D eigenvalue weighted by Gasteiger charge is 2.44. The first kappa shape index (κ1) is 7.82. The van der Waals surface area contributed by atoms with Crippen LogP contribution in [-0.4, -0.2) is 29.2 Å². The van der Waals surface area contributed by atoms with Crippen LogP contribution in [0.2, 0.25) is 0 Å². The lowest BCUT2D eigenvalue weighted by molar-refractivity contribution is -0.695. The van der Waals surface area contributed by atoms with E-state index in [1.54, 1.807) is 0 Å². The van der Waals surface area contributed by atoms with Crippen LogP contribution in [-0.2, 0) is 0 Å². The summed E-state index contributed by atoms with van der Waals surface area (Å²) in [6.07, 6.45) is 8.26. The molecule has 1 atom stereocenters. The molecule has 3 heterocycles. The van der Waals surface area contributed by atoms with Crippen LogP contribution in [0.15, 0.2) is 42.4 Å². The summed E-state index contributed by atoms with van der Waals surface area (Å²) >= 11 is 0. The molecule has 3 nitrogen and oxygen atoms in total. The van der Waals surface area contributed by atoms with Crippen molar-refractivity contribution in [1.29, 1.82) is 0 Å². The van der Waals surface area contributed by atoms with Crippen LogP contribution < -0.4 is 5.41 Å². The molecule has 0 aliphatic carbocycles. The maximum atomic E-state index is 6.11. The molecule has 3 rings (SSSR count). The first-order valence-corrected chi connectivity index (χ1v) is 4.63. The van der Waals surface area contributed by atoms with Crippen molar-refractivity contribution in [2.24, 2.45) is 0 Å². The van der Waals surface area contributed by atoms with Crippen LogP contribution in [0.1, 0.15) is 5.69 Å². The van der Waals surface area contributed by atoms with Crippen molar-refractivity contribution in [2.45, 2.75) is 0 Å². The van der Waals surface area contributed by atoms with Crippen LogP contribution in [0.4, 0.5) is 0 Å². The maximum absolute atomic E-state index is 6.11. The van der Waals surface area contributed by atoms with Crippen molar-refractivity contribution in [1.82, 2.24) is 4.48 Å². The molecule has 0 saturated carbocycles. The first-order valence-electron chi connectivity index (χ1n) is 4.63. The summed E-state index contributed by atoms with van der Waals surface area (Å²) in [7, 11) is 4.26. The van der Waals surface area contributed by atoms with E-state index >= 15 is 0 Å². The Hall–Kier alpha value is -1.55. The Balaban J connectivity index is 2.23. The van der Waals surface area contributed by atoms with Crippen molar-refractivity contribution in [3.8, 4) is 0 Å². The Morgan fingerprint density at radius 2 is 2.36 bits per heavy atom. The van der Waals surface area contributed by atoms with Gasteiger partial charge in [-0.05, 0) is 24.4 Å². The Morgan fingerprint density at radius 3 is 3.21 bits per heavy atom. The van der Waals surface area contributed by atoms with Crippen LogP contribution in [0.25, 0.3) is 0 Å². The molecule has 0 aromatic carbocycles. The van der Waals surface area contributed by atoms with E-state index in [-0.39, 0.29) is 0 Å². The van der Waals surface area contributed by atoms with E-state index in [2.05, 4.69) is 31.4 Å². The van der Waals surface area contributed by atoms with E-state index in [1.165, 1.54) is 0 Å². The van der Waals surface area contributed by atoms with Gasteiger partial charge < -0.3 is 8.87 Å². The normalized spacial score (nSPS) is 28.1. The smallest absolute Gasteiger partial charge is 0.329 e. The van der Waals surface area contributed by atoms with Crippen molar-refractivity contribution < 1.29 is 9.80 Å². The van der Waals surface area contributed by atoms with Gasteiger partial charge in [-0.2, -0.15) is 0 Å². The van der Waals surface area contributed by atoms with Crippen molar-refractivity contribution in [2.75, 3.05) is 7.05 Å². The lowest BCUT2D eigenvalue weighted by Crippen LogP contribution is -2.57. The van der Waals surface area contributed by atoms with E-state index in [4.69, 9.17) is 5.41 Å². The van der Waals surface area contributed by atoms with Gasteiger partial charge in [-0.3, -0.25) is 0 Å². The van der Waals surface area contributed by atoms with Crippen LogP contribution >= 0.6 is 0 Å². The van der Waals surface area contributed by atoms with Crippen LogP contribution in [0.5, 0.6) is 0 Å². The van der Waals surface area contributed by atoms with Gasteiger partial charge in [0.1, 0.15) is 5.69 Å². The largest absolute Gasteiger partial charge is 0.613 e. The number of nitrogens with zero attached hydrogens (tertiary/aromatic N) is 2. The van der Waals surface area contributed by atoms with Crippen LogP contribution in [0.3, 0.4) is 0 Å². The Kier molecular flexibility index (Phi) is 1.27. The Morgan fingerprint density at radius 1 is 1.50 bits per heavy atom. The lowest BCUT2D eigenvalue weighted by Gasteiger charge is -2.30. The zero-order chi connectivity index (χ0) is 9.76. The summed E-state index contributed by atoms with van der Waals surface area (Å²) < 4.78 is 2.73. The molecule has 67 valence electrons. The number of fused-ring (bicyclic) bond motifs is 2. The quantitative estimate of drug-likeness (QED) is 0.516. The second-order valence-electron chi connectivity index (χ2n) is 3.87. The number of hydrogen-bond acceptors (Lipinski definition) is 0. The molecule has 0 spiro atoms. The van der Waals surface area contributed by atoms with Gasteiger partial charge in [0.05, 0.1) is 13.2 Å². The Labute approximate surface area is 83.3 Å². The number of allylic oxidation sites excluding steroid dienone is 3. The van der Waals surface area contributed by atoms with E-state index in [0.29, 0.717) is 4.39 Å². The summed E-state index contributed by atoms with van der Waals surface area (Å²) in [4.78, 5) is 0. The molecule has 1 unspecified atom stereocenters. The Bertz CT molecular complexity index is 483. The predicted molar refractivity (Wildman–Crippen MR) is 55.0 cm³/mol. The molecule has 1 radical (unpaired) electrons. The fourth-order valence-electron chi connectivity index (χ4n) is 2.12. The molecule has 1 aromatic rings. The second-order valence-corrected chi connectivity index (χ2v) is 3.87. The number of quaternary nitrogens is 1. The van der Waals surface area contributed by atoms with E-state index in [1.807, 2.05) is 24.4 Å². The standard InChI is InChI=1S/C10H10BN3/c1-14-7-3-5-9(14)10(12)8-4-2-6-13(8)11-14/h2-7,12H,1H3/q+1/p+1. The number of hydrogen-bond donors (Lipinski definition) is 1. The maximum Gasteiger partial charge on any atom is 0.613 e. The van der Waals surface area contributed by atoms with Gasteiger partial charge in [-0.1, -0.05) is 0 Å². The van der Waals surface area contributed by atoms with Crippen molar-refractivity contribution >= 4 is 13.3 Å². The highest BCUT2D eigenvalue weighted by molar-refractivity contribution is 6.31. The van der Waals surface area contributed by atoms with E-state index < -0.39 is 0 Å². The molecular formula is C10H11BN3+2. The molecule has 2 N–H and O–H groups in total. The third-order valence-electron chi connectivity index (χ3n) is 2.86. The third kappa shape index (κ3) is 0.787. The van der Waals surface area contributed by atoms with Gasteiger partial charge in [0.25, 0.3) is 5.71 Å². The highest BCUT2D eigenvalue weighted by Crippen LogP contribution is 2.27. The van der Waals surface area contributed by atoms with Gasteiger partial charge in [-0.15, -0.1) is 0 Å².